The van der Waals surface area contributed by atoms with E-state index in [9.17, 15) is 19.5 Å². The molecular formula is C35H46N2O5Si. The molecule has 1 spiro atoms. The van der Waals surface area contributed by atoms with Crippen LogP contribution in [0.15, 0.2) is 65.8 Å². The summed E-state index contributed by atoms with van der Waals surface area (Å²) in [7, 11) is -2.81. The number of amides is 2. The number of carbonyl (C=O) groups is 2. The van der Waals surface area contributed by atoms with Gasteiger partial charge in [-0.2, -0.15) is 0 Å². The zero-order valence-corrected chi connectivity index (χ0v) is 27.4. The van der Waals surface area contributed by atoms with Gasteiger partial charge in [0.25, 0.3) is 5.91 Å². The first-order valence-corrected chi connectivity index (χ1v) is 18.6. The Kier molecular flexibility index (Phi) is 8.87. The molecule has 3 aliphatic heterocycles. The summed E-state index contributed by atoms with van der Waals surface area (Å²) in [4.78, 5) is 43.0. The molecule has 2 aromatic rings. The fraction of sp³-hybridized carbons (Fsp3) is 0.486. The van der Waals surface area contributed by atoms with Gasteiger partial charge in [0, 0.05) is 42.3 Å². The van der Waals surface area contributed by atoms with Gasteiger partial charge in [-0.25, -0.2) is 0 Å². The highest BCUT2D eigenvalue weighted by Crippen LogP contribution is 2.60. The van der Waals surface area contributed by atoms with Gasteiger partial charge in [0.1, 0.15) is 0 Å². The number of rotatable bonds is 9. The zero-order valence-electron chi connectivity index (χ0n) is 26.4. The number of aliphatic hydroxyl groups excluding tert-OH is 1. The molecule has 0 saturated carbocycles. The smallest absolute Gasteiger partial charge is 0.264 e. The molecule has 3 heterocycles. The summed E-state index contributed by atoms with van der Waals surface area (Å²) >= 11 is 0. The van der Waals surface area contributed by atoms with Gasteiger partial charge in [-0.1, -0.05) is 48.4 Å². The Hall–Kier alpha value is -3.04. The lowest BCUT2D eigenvalue weighted by atomic mass is 9.82. The lowest BCUT2D eigenvalue weighted by Gasteiger charge is -2.33. The molecule has 0 radical (unpaired) electrons. The summed E-state index contributed by atoms with van der Waals surface area (Å²) in [6.45, 7) is 12.4. The van der Waals surface area contributed by atoms with Gasteiger partial charge in [-0.3, -0.25) is 14.5 Å². The van der Waals surface area contributed by atoms with Crippen molar-refractivity contribution in [1.82, 2.24) is 0 Å². The Bertz CT molecular complexity index is 1460. The van der Waals surface area contributed by atoms with Crippen LogP contribution in [-0.2, 0) is 26.3 Å². The maximum Gasteiger partial charge on any atom is 0.264 e. The van der Waals surface area contributed by atoms with Gasteiger partial charge in [-0.05, 0) is 89.4 Å². The summed E-state index contributed by atoms with van der Waals surface area (Å²) in [6.07, 6.45) is 7.22. The normalized spacial score (nSPS) is 25.4. The monoisotopic (exact) mass is 602 g/mol. The second-order valence-electron chi connectivity index (χ2n) is 13.2. The third-order valence-corrected chi connectivity index (χ3v) is 11.9. The molecule has 2 aromatic carbocycles. The number of fused-ring (bicyclic) bond motifs is 3. The van der Waals surface area contributed by atoms with E-state index in [1.165, 1.54) is 11.1 Å². The summed E-state index contributed by atoms with van der Waals surface area (Å²) in [6, 6.07) is 13.8. The second-order valence-corrected chi connectivity index (χ2v) is 17.2. The first-order valence-electron chi connectivity index (χ1n) is 15.6. The van der Waals surface area contributed by atoms with Crippen LogP contribution in [0.2, 0.25) is 18.6 Å². The van der Waals surface area contributed by atoms with Gasteiger partial charge >= 0.3 is 0 Å². The van der Waals surface area contributed by atoms with Crippen LogP contribution in [0.4, 0.5) is 17.1 Å². The van der Waals surface area contributed by atoms with E-state index in [1.807, 2.05) is 56.4 Å². The molecule has 3 aliphatic rings. The Balaban J connectivity index is 1.61. The van der Waals surface area contributed by atoms with Crippen molar-refractivity contribution in [3.8, 4) is 0 Å². The molecule has 4 atom stereocenters. The zero-order chi connectivity index (χ0) is 31.1. The third-order valence-electron chi connectivity index (χ3n) is 9.44. The number of benzene rings is 2. The molecule has 1 saturated heterocycles. The summed E-state index contributed by atoms with van der Waals surface area (Å²) in [5, 5.41) is 9.93. The number of hydrogen-bond donors (Lipinski definition) is 2. The molecule has 230 valence electrons. The predicted octanol–water partition coefficient (Wildman–Crippen LogP) is 6.52. The molecular weight excluding hydrogens is 556 g/mol. The van der Waals surface area contributed by atoms with Crippen LogP contribution in [0.3, 0.4) is 0 Å². The van der Waals surface area contributed by atoms with E-state index in [0.29, 0.717) is 31.5 Å². The topological polar surface area (TPSA) is 90.3 Å². The minimum Gasteiger partial charge on any atom is -0.432 e. The van der Waals surface area contributed by atoms with Crippen molar-refractivity contribution >= 4 is 37.2 Å². The Morgan fingerprint density at radius 2 is 1.81 bits per heavy atom. The van der Waals surface area contributed by atoms with E-state index >= 15 is 0 Å². The van der Waals surface area contributed by atoms with Crippen molar-refractivity contribution in [1.29, 1.82) is 0 Å². The molecule has 8 heteroatoms. The molecule has 1 fully saturated rings. The number of allylic oxidation sites excluding steroid dienone is 3. The van der Waals surface area contributed by atoms with E-state index in [4.69, 9.17) is 4.74 Å². The highest BCUT2D eigenvalue weighted by atomic mass is 28.4. The molecule has 5 rings (SSSR count). The third kappa shape index (κ3) is 5.66. The highest BCUT2D eigenvalue weighted by Gasteiger charge is 2.66. The van der Waals surface area contributed by atoms with Gasteiger partial charge in [-0.15, -0.1) is 0 Å². The van der Waals surface area contributed by atoms with Crippen LogP contribution in [0.25, 0.3) is 0 Å². The maximum atomic E-state index is 14.6. The predicted molar refractivity (Wildman–Crippen MR) is 174 cm³/mol. The summed E-state index contributed by atoms with van der Waals surface area (Å²) in [5.74, 6) is -0.451. The number of anilines is 3. The van der Waals surface area contributed by atoms with E-state index in [1.54, 1.807) is 9.80 Å². The van der Waals surface area contributed by atoms with Crippen LogP contribution in [0.5, 0.6) is 0 Å². The number of nitrogens with zero attached hydrogens (tertiary/aromatic N) is 2. The molecule has 0 aromatic heterocycles. The average Bonchev–Trinajstić information content (AvgIpc) is 3.37. The number of carbonyl (C=O) groups excluding carboxylic acids is 2. The van der Waals surface area contributed by atoms with E-state index < -0.39 is 20.0 Å². The van der Waals surface area contributed by atoms with Crippen molar-refractivity contribution in [2.24, 2.45) is 5.92 Å². The fourth-order valence-corrected chi connectivity index (χ4v) is 10.0. The van der Waals surface area contributed by atoms with Gasteiger partial charge < -0.3 is 19.5 Å². The SMILES string of the molecule is CC(C)=CCC/C(C)=C/CN1C(=O)[C@@]2(O[C@@H](CCO)[C@H]([Si](C)(C)O)[C@H]2C)c2cc(N3C(=O)CCc4ccccc43)ccc21. The standard InChI is InChI=1S/C35H46N2O5Si/c1-23(2)10-9-11-24(3)18-20-36-30-16-15-27(37-29-13-8-7-12-26(29)14-17-32(37)39)22-28(30)35(34(36)40)25(4)33(43(5,6)41)31(42-35)19-21-38/h7-8,10,12-13,15-16,18,22,25,31,33,38,41H,9,11,14,17,19-21H2,1-6H3/b24-18+/t25-,31+,33-,35+/m1/s1. The first kappa shape index (κ1) is 31.4. The van der Waals surface area contributed by atoms with Crippen LogP contribution < -0.4 is 9.80 Å². The molecule has 2 amide bonds. The largest absolute Gasteiger partial charge is 0.432 e. The molecule has 0 aliphatic carbocycles. The molecule has 0 bridgehead atoms. The van der Waals surface area contributed by atoms with Crippen molar-refractivity contribution < 1.29 is 24.2 Å². The van der Waals surface area contributed by atoms with Crippen molar-refractivity contribution in [2.45, 2.75) is 90.1 Å². The minimum atomic E-state index is -2.81. The summed E-state index contributed by atoms with van der Waals surface area (Å²) in [5.41, 5.74) is 5.12. The van der Waals surface area contributed by atoms with Crippen molar-refractivity contribution in [2.75, 3.05) is 23.0 Å². The number of aryl methyl sites for hydroxylation is 1. The minimum absolute atomic E-state index is 0.0177. The number of hydrogen-bond acceptors (Lipinski definition) is 5. The van der Waals surface area contributed by atoms with Gasteiger partial charge in [0.15, 0.2) is 13.9 Å². The van der Waals surface area contributed by atoms with Crippen LogP contribution in [0.1, 0.15) is 64.5 Å². The van der Waals surface area contributed by atoms with E-state index in [2.05, 4.69) is 39.0 Å². The number of para-hydroxylation sites is 1. The Morgan fingerprint density at radius 3 is 2.51 bits per heavy atom. The molecule has 0 unspecified atom stereocenters. The van der Waals surface area contributed by atoms with Crippen LogP contribution >= 0.6 is 0 Å². The highest BCUT2D eigenvalue weighted by molar-refractivity contribution is 6.71. The van der Waals surface area contributed by atoms with Gasteiger partial charge in [0.05, 0.1) is 17.5 Å². The average molecular weight is 603 g/mol. The summed E-state index contributed by atoms with van der Waals surface area (Å²) < 4.78 is 6.80. The van der Waals surface area contributed by atoms with E-state index in [-0.39, 0.29) is 29.9 Å². The molecule has 2 N–H and O–H groups in total. The first-order chi connectivity index (χ1) is 20.4. The molecule has 7 nitrogen and oxygen atoms in total. The lowest BCUT2D eigenvalue weighted by Crippen LogP contribution is -2.46. The number of aliphatic hydroxyl groups is 1. The van der Waals surface area contributed by atoms with Crippen molar-refractivity contribution in [3.05, 3.63) is 76.9 Å². The quantitative estimate of drug-likeness (QED) is 0.252. The van der Waals surface area contributed by atoms with Crippen LogP contribution in [0, 0.1) is 5.92 Å². The Morgan fingerprint density at radius 1 is 1.07 bits per heavy atom. The van der Waals surface area contributed by atoms with E-state index in [0.717, 1.165) is 35.3 Å². The second kappa shape index (κ2) is 12.2. The lowest BCUT2D eigenvalue weighted by molar-refractivity contribution is -0.146. The fourth-order valence-electron chi connectivity index (χ4n) is 7.43. The Labute approximate surface area is 257 Å². The maximum absolute atomic E-state index is 14.6. The molecule has 43 heavy (non-hydrogen) atoms. The number of ether oxygens (including phenoxy) is 1. The van der Waals surface area contributed by atoms with Crippen LogP contribution in [-0.4, -0.2) is 49.3 Å². The van der Waals surface area contributed by atoms with Gasteiger partial charge in [0.2, 0.25) is 5.91 Å². The van der Waals surface area contributed by atoms with Crippen molar-refractivity contribution in [3.63, 3.8) is 0 Å².